The van der Waals surface area contributed by atoms with E-state index in [4.69, 9.17) is 9.15 Å². The molecule has 0 unspecified atom stereocenters. The maximum absolute atomic E-state index is 12.3. The molecule has 1 N–H and O–H groups in total. The zero-order chi connectivity index (χ0) is 19.9. The molecule has 144 valence electrons. The summed E-state index contributed by atoms with van der Waals surface area (Å²) in [4.78, 5) is 24.2. The lowest BCUT2D eigenvalue weighted by Gasteiger charge is -2.09. The molecule has 2 aromatic carbocycles. The van der Waals surface area contributed by atoms with Crippen LogP contribution in [0.4, 0.5) is 5.69 Å². The number of carbonyl (C=O) groups excluding carboxylic acids is 2. The van der Waals surface area contributed by atoms with Crippen LogP contribution in [0.1, 0.15) is 17.3 Å². The molecule has 0 aliphatic rings. The summed E-state index contributed by atoms with van der Waals surface area (Å²) in [5, 5.41) is 11.0. The summed E-state index contributed by atoms with van der Waals surface area (Å²) in [6, 6.07) is 14.4. The molecule has 0 aliphatic carbocycles. The van der Waals surface area contributed by atoms with Crippen LogP contribution in [0, 0.1) is 3.57 Å². The van der Waals surface area contributed by atoms with Crippen LogP contribution in [0.2, 0.25) is 0 Å². The highest BCUT2D eigenvalue weighted by atomic mass is 127. The van der Waals surface area contributed by atoms with Crippen LogP contribution in [0.5, 0.6) is 0 Å². The van der Waals surface area contributed by atoms with Gasteiger partial charge >= 0.3 is 5.97 Å². The Balaban J connectivity index is 1.60. The van der Waals surface area contributed by atoms with Gasteiger partial charge in [0.15, 0.2) is 0 Å². The minimum atomic E-state index is -0.481. The summed E-state index contributed by atoms with van der Waals surface area (Å²) in [5.74, 6) is -0.321. The highest BCUT2D eigenvalue weighted by Gasteiger charge is 2.15. The number of hydrogen-bond acceptors (Lipinski definition) is 7. The van der Waals surface area contributed by atoms with Gasteiger partial charge in [-0.2, -0.15) is 0 Å². The highest BCUT2D eigenvalue weighted by Crippen LogP contribution is 2.24. The van der Waals surface area contributed by atoms with Crippen LogP contribution >= 0.6 is 34.4 Å². The highest BCUT2D eigenvalue weighted by molar-refractivity contribution is 14.1. The van der Waals surface area contributed by atoms with Gasteiger partial charge in [-0.1, -0.05) is 23.9 Å². The molecule has 0 aliphatic heterocycles. The summed E-state index contributed by atoms with van der Waals surface area (Å²) in [5.41, 5.74) is 1.52. The van der Waals surface area contributed by atoms with E-state index in [-0.39, 0.29) is 18.3 Å². The minimum Gasteiger partial charge on any atom is -0.462 e. The third kappa shape index (κ3) is 5.32. The van der Waals surface area contributed by atoms with Gasteiger partial charge < -0.3 is 14.5 Å². The maximum atomic E-state index is 12.3. The predicted molar refractivity (Wildman–Crippen MR) is 114 cm³/mol. The second-order valence-corrected chi connectivity index (χ2v) is 7.66. The lowest BCUT2D eigenvalue weighted by atomic mass is 10.2. The smallest absolute Gasteiger partial charge is 0.340 e. The van der Waals surface area contributed by atoms with Crippen molar-refractivity contribution < 1.29 is 18.7 Å². The number of nitrogens with one attached hydrogen (secondary N) is 1. The molecule has 3 aromatic rings. The van der Waals surface area contributed by atoms with E-state index in [1.165, 1.54) is 0 Å². The average Bonchev–Trinajstić information content (AvgIpc) is 3.16. The maximum Gasteiger partial charge on any atom is 0.340 e. The first kappa shape index (κ1) is 20.3. The van der Waals surface area contributed by atoms with E-state index < -0.39 is 5.97 Å². The quantitative estimate of drug-likeness (QED) is 0.289. The van der Waals surface area contributed by atoms with Crippen molar-refractivity contribution in [3.05, 3.63) is 57.7 Å². The van der Waals surface area contributed by atoms with Gasteiger partial charge in [0.05, 0.1) is 23.6 Å². The molecule has 7 nitrogen and oxygen atoms in total. The number of ether oxygens (including phenoxy) is 1. The standard InChI is InChI=1S/C19H16IN3O4S/c1-2-26-18(25)14-5-3-4-6-15(14)21-16(24)11-28-19-23-22-17(27-19)12-7-9-13(20)10-8-12/h3-10H,2,11H2,1H3,(H,21,24). The second-order valence-electron chi connectivity index (χ2n) is 5.48. The number of hydrogen-bond donors (Lipinski definition) is 1. The van der Waals surface area contributed by atoms with Crippen molar-refractivity contribution >= 4 is 51.9 Å². The number of carbonyl (C=O) groups is 2. The number of aromatic nitrogens is 2. The van der Waals surface area contributed by atoms with Gasteiger partial charge in [-0.15, -0.1) is 10.2 Å². The molecular weight excluding hydrogens is 493 g/mol. The Morgan fingerprint density at radius 1 is 1.14 bits per heavy atom. The van der Waals surface area contributed by atoms with Crippen molar-refractivity contribution in [1.29, 1.82) is 0 Å². The number of rotatable bonds is 7. The zero-order valence-corrected chi connectivity index (χ0v) is 17.8. The Morgan fingerprint density at radius 2 is 1.89 bits per heavy atom. The lowest BCUT2D eigenvalue weighted by molar-refractivity contribution is -0.113. The molecule has 3 rings (SSSR count). The topological polar surface area (TPSA) is 94.3 Å². The molecule has 9 heteroatoms. The van der Waals surface area contributed by atoms with Crippen LogP contribution in [0.25, 0.3) is 11.5 Å². The summed E-state index contributed by atoms with van der Waals surface area (Å²) >= 11 is 3.34. The van der Waals surface area contributed by atoms with E-state index in [0.717, 1.165) is 20.9 Å². The number of anilines is 1. The summed E-state index contributed by atoms with van der Waals surface area (Å²) in [7, 11) is 0. The van der Waals surface area contributed by atoms with E-state index in [9.17, 15) is 9.59 Å². The largest absolute Gasteiger partial charge is 0.462 e. The number of benzene rings is 2. The van der Waals surface area contributed by atoms with Gasteiger partial charge in [0, 0.05) is 9.13 Å². The summed E-state index contributed by atoms with van der Waals surface area (Å²) < 4.78 is 11.7. The Hall–Kier alpha value is -2.40. The predicted octanol–water partition coefficient (Wildman–Crippen LogP) is 4.25. The summed E-state index contributed by atoms with van der Waals surface area (Å²) in [6.07, 6.45) is 0. The zero-order valence-electron chi connectivity index (χ0n) is 14.8. The van der Waals surface area contributed by atoms with Crippen LogP contribution in [0.15, 0.2) is 58.2 Å². The fourth-order valence-corrected chi connectivity index (χ4v) is 3.19. The van der Waals surface area contributed by atoms with Crippen molar-refractivity contribution in [3.63, 3.8) is 0 Å². The van der Waals surface area contributed by atoms with E-state index in [1.807, 2.05) is 24.3 Å². The Morgan fingerprint density at radius 3 is 2.64 bits per heavy atom. The number of para-hydroxylation sites is 1. The van der Waals surface area contributed by atoms with Gasteiger partial charge in [-0.05, 0) is 65.9 Å². The first-order valence-corrected chi connectivity index (χ1v) is 10.4. The molecule has 0 atom stereocenters. The van der Waals surface area contributed by atoms with Crippen LogP contribution in [0.3, 0.4) is 0 Å². The Bertz CT molecular complexity index is 975. The fraction of sp³-hybridized carbons (Fsp3) is 0.158. The van der Waals surface area contributed by atoms with E-state index in [2.05, 4.69) is 38.1 Å². The van der Waals surface area contributed by atoms with Crippen LogP contribution in [-0.2, 0) is 9.53 Å². The fourth-order valence-electron chi connectivity index (χ4n) is 2.27. The van der Waals surface area contributed by atoms with Gasteiger partial charge in [0.25, 0.3) is 5.22 Å². The summed E-state index contributed by atoms with van der Waals surface area (Å²) in [6.45, 7) is 1.99. The number of nitrogens with zero attached hydrogens (tertiary/aromatic N) is 2. The van der Waals surface area contributed by atoms with Gasteiger partial charge in [-0.25, -0.2) is 4.79 Å². The normalized spacial score (nSPS) is 10.5. The van der Waals surface area contributed by atoms with Gasteiger partial charge in [-0.3, -0.25) is 4.79 Å². The Kier molecular flexibility index (Phi) is 7.04. The lowest BCUT2D eigenvalue weighted by Crippen LogP contribution is -2.17. The third-order valence-corrected chi connectivity index (χ3v) is 5.06. The van der Waals surface area contributed by atoms with Gasteiger partial charge in [0.2, 0.25) is 11.8 Å². The first-order valence-electron chi connectivity index (χ1n) is 8.35. The first-order chi connectivity index (χ1) is 13.6. The molecular formula is C19H16IN3O4S. The monoisotopic (exact) mass is 509 g/mol. The van der Waals surface area contributed by atoms with Crippen molar-refractivity contribution in [3.8, 4) is 11.5 Å². The number of esters is 1. The molecule has 28 heavy (non-hydrogen) atoms. The third-order valence-electron chi connectivity index (χ3n) is 3.52. The molecule has 0 radical (unpaired) electrons. The van der Waals surface area contributed by atoms with E-state index in [1.54, 1.807) is 31.2 Å². The van der Waals surface area contributed by atoms with Crippen molar-refractivity contribution in [2.75, 3.05) is 17.7 Å². The average molecular weight is 509 g/mol. The van der Waals surface area contributed by atoms with Crippen molar-refractivity contribution in [2.45, 2.75) is 12.1 Å². The van der Waals surface area contributed by atoms with Crippen LogP contribution < -0.4 is 5.32 Å². The van der Waals surface area contributed by atoms with Gasteiger partial charge in [0.1, 0.15) is 0 Å². The molecule has 1 aromatic heterocycles. The molecule has 0 bridgehead atoms. The molecule has 0 saturated heterocycles. The molecule has 1 amide bonds. The molecule has 0 spiro atoms. The minimum absolute atomic E-state index is 0.0610. The van der Waals surface area contributed by atoms with Crippen molar-refractivity contribution in [2.24, 2.45) is 0 Å². The van der Waals surface area contributed by atoms with Crippen LogP contribution in [-0.4, -0.2) is 34.4 Å². The molecule has 1 heterocycles. The van der Waals surface area contributed by atoms with E-state index >= 15 is 0 Å². The molecule has 0 saturated carbocycles. The number of thioether (sulfide) groups is 1. The number of amides is 1. The van der Waals surface area contributed by atoms with E-state index in [0.29, 0.717) is 22.4 Å². The Labute approximate surface area is 179 Å². The molecule has 0 fully saturated rings. The number of halogens is 1. The SMILES string of the molecule is CCOC(=O)c1ccccc1NC(=O)CSc1nnc(-c2ccc(I)cc2)o1. The second kappa shape index (κ2) is 9.69. The van der Waals surface area contributed by atoms with Crippen molar-refractivity contribution in [1.82, 2.24) is 10.2 Å².